The fourth-order valence-corrected chi connectivity index (χ4v) is 3.61. The first-order valence-corrected chi connectivity index (χ1v) is 10.4. The fraction of sp³-hybridized carbons (Fsp3) is 0.667. The van der Waals surface area contributed by atoms with E-state index in [9.17, 15) is 4.79 Å². The highest BCUT2D eigenvalue weighted by Gasteiger charge is 2.28. The summed E-state index contributed by atoms with van der Waals surface area (Å²) in [5.41, 5.74) is 1.92. The van der Waals surface area contributed by atoms with Gasteiger partial charge >= 0.3 is 0 Å². The van der Waals surface area contributed by atoms with Crippen molar-refractivity contribution in [2.24, 2.45) is 0 Å². The van der Waals surface area contributed by atoms with Crippen LogP contribution in [-0.2, 0) is 18.5 Å². The predicted octanol–water partition coefficient (Wildman–Crippen LogP) is 2.22. The van der Waals surface area contributed by atoms with E-state index < -0.39 is 0 Å². The Morgan fingerprint density at radius 1 is 1.07 bits per heavy atom. The molecule has 0 N–H and O–H groups in total. The van der Waals surface area contributed by atoms with Gasteiger partial charge in [0.1, 0.15) is 5.76 Å². The van der Waals surface area contributed by atoms with Crippen LogP contribution >= 0.6 is 0 Å². The van der Waals surface area contributed by atoms with Crippen LogP contribution in [0.15, 0.2) is 27.5 Å². The van der Waals surface area contributed by atoms with Gasteiger partial charge in [-0.3, -0.25) is 14.6 Å². The van der Waals surface area contributed by atoms with Crippen molar-refractivity contribution >= 4 is 0 Å². The summed E-state index contributed by atoms with van der Waals surface area (Å²) in [5.74, 6) is 1.68. The molecule has 1 saturated carbocycles. The molecule has 0 amide bonds. The molecule has 152 valence electrons. The van der Waals surface area contributed by atoms with Crippen LogP contribution in [0.1, 0.15) is 56.7 Å². The standard InChI is InChI=1S/C21H31N5O2/c1-21(2,3)19-6-7-20(27)26(22-19)13-12-24-8-10-25(11-9-24)15-17-14-18(28-23-17)16-4-5-16/h6-7,14,16H,4-5,8-13,15H2,1-3H3. The lowest BCUT2D eigenvalue weighted by atomic mass is 9.92. The lowest BCUT2D eigenvalue weighted by Crippen LogP contribution is -2.47. The van der Waals surface area contributed by atoms with E-state index in [-0.39, 0.29) is 11.0 Å². The second-order valence-corrected chi connectivity index (χ2v) is 9.14. The van der Waals surface area contributed by atoms with E-state index in [1.165, 1.54) is 12.8 Å². The van der Waals surface area contributed by atoms with E-state index in [1.807, 2.05) is 6.07 Å². The molecule has 0 aromatic carbocycles. The van der Waals surface area contributed by atoms with Crippen molar-refractivity contribution < 1.29 is 4.52 Å². The Labute approximate surface area is 166 Å². The van der Waals surface area contributed by atoms with Crippen LogP contribution in [0.2, 0.25) is 0 Å². The second-order valence-electron chi connectivity index (χ2n) is 9.14. The number of piperazine rings is 1. The molecular formula is C21H31N5O2. The Hall–Kier alpha value is -1.99. The van der Waals surface area contributed by atoms with Gasteiger partial charge < -0.3 is 4.52 Å². The summed E-state index contributed by atoms with van der Waals surface area (Å²) in [6, 6.07) is 5.61. The van der Waals surface area contributed by atoms with Crippen molar-refractivity contribution in [3.8, 4) is 0 Å². The maximum atomic E-state index is 12.1. The molecule has 3 heterocycles. The summed E-state index contributed by atoms with van der Waals surface area (Å²) in [6.45, 7) is 12.7. The average molecular weight is 386 g/mol. The average Bonchev–Trinajstić information content (AvgIpc) is 3.41. The van der Waals surface area contributed by atoms with Crippen LogP contribution in [0.3, 0.4) is 0 Å². The van der Waals surface area contributed by atoms with Gasteiger partial charge in [-0.15, -0.1) is 0 Å². The Balaban J connectivity index is 1.26. The molecule has 0 atom stereocenters. The van der Waals surface area contributed by atoms with Crippen LogP contribution in [0.4, 0.5) is 0 Å². The van der Waals surface area contributed by atoms with Crippen LogP contribution in [0.25, 0.3) is 0 Å². The van der Waals surface area contributed by atoms with E-state index in [0.29, 0.717) is 12.5 Å². The largest absolute Gasteiger partial charge is 0.361 e. The van der Waals surface area contributed by atoms with Crippen LogP contribution < -0.4 is 5.56 Å². The summed E-state index contributed by atoms with van der Waals surface area (Å²) >= 11 is 0. The highest BCUT2D eigenvalue weighted by molar-refractivity contribution is 5.14. The van der Waals surface area contributed by atoms with Gasteiger partial charge in [-0.05, 0) is 18.9 Å². The van der Waals surface area contributed by atoms with Gasteiger partial charge in [-0.1, -0.05) is 25.9 Å². The molecule has 0 bridgehead atoms. The van der Waals surface area contributed by atoms with Gasteiger partial charge in [0.2, 0.25) is 0 Å². The molecule has 0 unspecified atom stereocenters. The summed E-state index contributed by atoms with van der Waals surface area (Å²) < 4.78 is 7.07. The summed E-state index contributed by atoms with van der Waals surface area (Å²) in [4.78, 5) is 17.0. The number of hydrogen-bond acceptors (Lipinski definition) is 6. The summed E-state index contributed by atoms with van der Waals surface area (Å²) in [6.07, 6.45) is 2.48. The van der Waals surface area contributed by atoms with Gasteiger partial charge in [-0.25, -0.2) is 4.68 Å². The Kier molecular flexibility index (Phi) is 5.38. The van der Waals surface area contributed by atoms with Gasteiger partial charge in [0.05, 0.1) is 17.9 Å². The topological polar surface area (TPSA) is 67.4 Å². The first kappa shape index (κ1) is 19.3. The molecule has 28 heavy (non-hydrogen) atoms. The SMILES string of the molecule is CC(C)(C)c1ccc(=O)n(CCN2CCN(Cc3cc(C4CC4)on3)CC2)n1. The van der Waals surface area contributed by atoms with Gasteiger partial charge in [0.25, 0.3) is 5.56 Å². The smallest absolute Gasteiger partial charge is 0.266 e. The molecule has 1 aliphatic heterocycles. The molecule has 2 aliphatic rings. The van der Waals surface area contributed by atoms with Crippen molar-refractivity contribution in [1.29, 1.82) is 0 Å². The first-order chi connectivity index (χ1) is 13.4. The van der Waals surface area contributed by atoms with E-state index in [0.717, 1.165) is 56.4 Å². The van der Waals surface area contributed by atoms with Crippen LogP contribution in [0, 0.1) is 0 Å². The molecule has 1 aliphatic carbocycles. The zero-order valence-electron chi connectivity index (χ0n) is 17.2. The second kappa shape index (κ2) is 7.79. The maximum absolute atomic E-state index is 12.1. The molecule has 2 aromatic rings. The molecule has 7 nitrogen and oxygen atoms in total. The minimum Gasteiger partial charge on any atom is -0.361 e. The highest BCUT2D eigenvalue weighted by Crippen LogP contribution is 2.40. The van der Waals surface area contributed by atoms with Crippen LogP contribution in [-0.4, -0.2) is 57.5 Å². The minimum atomic E-state index is -0.0540. The molecule has 0 spiro atoms. The zero-order chi connectivity index (χ0) is 19.7. The van der Waals surface area contributed by atoms with Gasteiger partial charge in [-0.2, -0.15) is 5.10 Å². The van der Waals surface area contributed by atoms with Crippen molar-refractivity contribution in [2.45, 2.75) is 58.0 Å². The Morgan fingerprint density at radius 2 is 1.79 bits per heavy atom. The van der Waals surface area contributed by atoms with Gasteiger partial charge in [0, 0.05) is 62.7 Å². The molecule has 4 rings (SSSR count). The minimum absolute atomic E-state index is 0.0239. The molecule has 1 saturated heterocycles. The van der Waals surface area contributed by atoms with Crippen molar-refractivity contribution in [3.63, 3.8) is 0 Å². The van der Waals surface area contributed by atoms with E-state index in [1.54, 1.807) is 10.7 Å². The third kappa shape index (κ3) is 4.70. The van der Waals surface area contributed by atoms with E-state index in [4.69, 9.17) is 4.52 Å². The van der Waals surface area contributed by atoms with Crippen LogP contribution in [0.5, 0.6) is 0 Å². The lowest BCUT2D eigenvalue weighted by Gasteiger charge is -2.34. The first-order valence-electron chi connectivity index (χ1n) is 10.4. The lowest BCUT2D eigenvalue weighted by molar-refractivity contribution is 0.120. The predicted molar refractivity (Wildman–Crippen MR) is 107 cm³/mol. The number of nitrogens with zero attached hydrogens (tertiary/aromatic N) is 5. The van der Waals surface area contributed by atoms with Crippen molar-refractivity contribution in [3.05, 3.63) is 45.7 Å². The van der Waals surface area contributed by atoms with Crippen molar-refractivity contribution in [1.82, 2.24) is 24.7 Å². The number of hydrogen-bond donors (Lipinski definition) is 0. The van der Waals surface area contributed by atoms with E-state index >= 15 is 0 Å². The molecule has 7 heteroatoms. The fourth-order valence-electron chi connectivity index (χ4n) is 3.61. The summed E-state index contributed by atoms with van der Waals surface area (Å²) in [5, 5.41) is 8.80. The Morgan fingerprint density at radius 3 is 2.46 bits per heavy atom. The molecule has 2 aromatic heterocycles. The number of rotatable bonds is 6. The molecule has 0 radical (unpaired) electrons. The molecule has 2 fully saturated rings. The quantitative estimate of drug-likeness (QED) is 0.760. The van der Waals surface area contributed by atoms with Gasteiger partial charge in [0.15, 0.2) is 0 Å². The number of aromatic nitrogens is 3. The van der Waals surface area contributed by atoms with E-state index in [2.05, 4.69) is 46.9 Å². The normalized spacial score (nSPS) is 19.2. The third-order valence-electron chi connectivity index (χ3n) is 5.67. The third-order valence-corrected chi connectivity index (χ3v) is 5.67. The Bertz CT molecular complexity index is 854. The molecular weight excluding hydrogens is 354 g/mol. The maximum Gasteiger partial charge on any atom is 0.266 e. The van der Waals surface area contributed by atoms with Crippen molar-refractivity contribution in [2.75, 3.05) is 32.7 Å². The summed E-state index contributed by atoms with van der Waals surface area (Å²) in [7, 11) is 0. The monoisotopic (exact) mass is 385 g/mol. The highest BCUT2D eigenvalue weighted by atomic mass is 16.5. The zero-order valence-corrected chi connectivity index (χ0v) is 17.2.